The number of amides is 1. The number of hydrogen-bond donors (Lipinski definition) is 0. The maximum atomic E-state index is 12.2. The van der Waals surface area contributed by atoms with E-state index >= 15 is 0 Å². The van der Waals surface area contributed by atoms with Crippen LogP contribution in [0.1, 0.15) is 52.9 Å². The van der Waals surface area contributed by atoms with Crippen LogP contribution in [0, 0.1) is 17.8 Å². The molecular weight excluding hydrogens is 308 g/mol. The van der Waals surface area contributed by atoms with Crippen molar-refractivity contribution < 1.29 is 9.53 Å². The fourth-order valence-electron chi connectivity index (χ4n) is 4.03. The van der Waals surface area contributed by atoms with Gasteiger partial charge in [0.05, 0.1) is 11.1 Å². The lowest BCUT2D eigenvalue weighted by Crippen LogP contribution is -2.37. The van der Waals surface area contributed by atoms with E-state index < -0.39 is 5.60 Å². The van der Waals surface area contributed by atoms with E-state index in [2.05, 4.69) is 6.26 Å². The van der Waals surface area contributed by atoms with Crippen LogP contribution in [-0.2, 0) is 4.74 Å². The maximum Gasteiger partial charge on any atom is 0.410 e. The zero-order chi connectivity index (χ0) is 16.6. The van der Waals surface area contributed by atoms with Gasteiger partial charge in [-0.05, 0) is 51.7 Å². The maximum absolute atomic E-state index is 12.2. The minimum Gasteiger partial charge on any atom is -0.444 e. The zero-order valence-corrected chi connectivity index (χ0v) is 15.7. The Bertz CT molecular complexity index is 468. The van der Waals surface area contributed by atoms with E-state index in [-0.39, 0.29) is 6.09 Å². The summed E-state index contributed by atoms with van der Waals surface area (Å²) in [5.74, 6) is 1.82. The van der Waals surface area contributed by atoms with Crippen molar-refractivity contribution in [2.45, 2.75) is 64.5 Å². The Labute approximate surface area is 144 Å². The molecule has 3 atom stereocenters. The molecule has 0 bridgehead atoms. The fraction of sp³-hybridized carbons (Fsp3) is 0.889. The van der Waals surface area contributed by atoms with E-state index in [4.69, 9.17) is 9.73 Å². The van der Waals surface area contributed by atoms with Crippen LogP contribution >= 0.6 is 11.8 Å². The molecule has 2 saturated carbocycles. The molecule has 130 valence electrons. The summed E-state index contributed by atoms with van der Waals surface area (Å²) < 4.78 is 5.49. The molecule has 1 aliphatic heterocycles. The topological polar surface area (TPSA) is 41.9 Å². The first kappa shape index (κ1) is 17.1. The summed E-state index contributed by atoms with van der Waals surface area (Å²) in [7, 11) is 0. The molecule has 4 nitrogen and oxygen atoms in total. The van der Waals surface area contributed by atoms with Crippen LogP contribution in [0.5, 0.6) is 0 Å². The van der Waals surface area contributed by atoms with Gasteiger partial charge >= 0.3 is 6.09 Å². The highest BCUT2D eigenvalue weighted by atomic mass is 32.2. The quantitative estimate of drug-likeness (QED) is 0.560. The third-order valence-corrected chi connectivity index (χ3v) is 6.02. The summed E-state index contributed by atoms with van der Waals surface area (Å²) in [5.41, 5.74) is -0.407. The fourth-order valence-corrected chi connectivity index (χ4v) is 4.91. The first-order chi connectivity index (χ1) is 10.9. The summed E-state index contributed by atoms with van der Waals surface area (Å²) in [5, 5.41) is 1.34. The lowest BCUT2D eigenvalue weighted by molar-refractivity contribution is 0.0270. The van der Waals surface area contributed by atoms with E-state index in [1.807, 2.05) is 37.4 Å². The van der Waals surface area contributed by atoms with Crippen molar-refractivity contribution in [1.82, 2.24) is 4.90 Å². The molecule has 1 heterocycles. The second kappa shape index (κ2) is 6.66. The molecule has 1 unspecified atom stereocenters. The minimum absolute atomic E-state index is 0.154. The smallest absolute Gasteiger partial charge is 0.410 e. The number of likely N-dealkylation sites (tertiary alicyclic amines) is 1. The number of hydrogen-bond acceptors (Lipinski definition) is 4. The molecule has 3 fully saturated rings. The molecule has 0 aromatic heterocycles. The molecule has 0 aromatic carbocycles. The van der Waals surface area contributed by atoms with Crippen LogP contribution in [0.4, 0.5) is 4.79 Å². The summed E-state index contributed by atoms with van der Waals surface area (Å²) in [6, 6.07) is 0.550. The predicted molar refractivity (Wildman–Crippen MR) is 96.1 cm³/mol. The number of fused-ring (bicyclic) bond motifs is 1. The van der Waals surface area contributed by atoms with Crippen LogP contribution in [-0.4, -0.2) is 47.0 Å². The van der Waals surface area contributed by atoms with Crippen LogP contribution in [0.3, 0.4) is 0 Å². The van der Waals surface area contributed by atoms with E-state index in [9.17, 15) is 4.79 Å². The highest BCUT2D eigenvalue weighted by Gasteiger charge is 2.59. The highest BCUT2D eigenvalue weighted by Crippen LogP contribution is 2.54. The van der Waals surface area contributed by atoms with E-state index in [0.717, 1.165) is 13.1 Å². The normalized spacial score (nSPS) is 31.9. The van der Waals surface area contributed by atoms with Gasteiger partial charge in [0.1, 0.15) is 5.60 Å². The van der Waals surface area contributed by atoms with E-state index in [1.165, 1.54) is 37.1 Å². The van der Waals surface area contributed by atoms with Gasteiger partial charge in [0.2, 0.25) is 0 Å². The van der Waals surface area contributed by atoms with Crippen LogP contribution in [0.2, 0.25) is 0 Å². The molecule has 1 amide bonds. The SMILES string of the molecule is CS/C(=N\C1CCCCC1)C1[C@H]2CN(C(=O)OC(C)(C)C)C[C@@H]12. The Kier molecular flexibility index (Phi) is 4.96. The van der Waals surface area contributed by atoms with E-state index in [0.29, 0.717) is 23.8 Å². The van der Waals surface area contributed by atoms with Crippen molar-refractivity contribution in [3.63, 3.8) is 0 Å². The number of thioether (sulfide) groups is 1. The molecule has 2 aliphatic carbocycles. The molecule has 5 heteroatoms. The van der Waals surface area contributed by atoms with Gasteiger partial charge in [-0.3, -0.25) is 4.99 Å². The monoisotopic (exact) mass is 338 g/mol. The van der Waals surface area contributed by atoms with Crippen LogP contribution < -0.4 is 0 Å². The second-order valence-electron chi connectivity index (χ2n) is 8.20. The van der Waals surface area contributed by atoms with Crippen molar-refractivity contribution in [1.29, 1.82) is 0 Å². The van der Waals surface area contributed by atoms with E-state index in [1.54, 1.807) is 0 Å². The molecule has 0 N–H and O–H groups in total. The number of piperidine rings is 1. The zero-order valence-electron chi connectivity index (χ0n) is 14.9. The first-order valence-electron chi connectivity index (χ1n) is 8.98. The summed E-state index contributed by atoms with van der Waals surface area (Å²) in [6.07, 6.45) is 8.56. The summed E-state index contributed by atoms with van der Waals surface area (Å²) in [6.45, 7) is 7.45. The molecule has 0 radical (unpaired) electrons. The Morgan fingerprint density at radius 2 is 1.74 bits per heavy atom. The molecule has 3 aliphatic rings. The largest absolute Gasteiger partial charge is 0.444 e. The predicted octanol–water partition coefficient (Wildman–Crippen LogP) is 4.19. The number of rotatable bonds is 2. The molecule has 1 saturated heterocycles. The Morgan fingerprint density at radius 3 is 2.26 bits per heavy atom. The number of ether oxygens (including phenoxy) is 1. The van der Waals surface area contributed by atoms with Crippen molar-refractivity contribution >= 4 is 22.9 Å². The first-order valence-corrected chi connectivity index (χ1v) is 10.2. The van der Waals surface area contributed by atoms with Gasteiger partial charge in [0, 0.05) is 19.0 Å². The third-order valence-electron chi connectivity index (χ3n) is 5.22. The summed E-state index contributed by atoms with van der Waals surface area (Å²) in [4.78, 5) is 19.1. The Balaban J connectivity index is 1.54. The van der Waals surface area contributed by atoms with Gasteiger partial charge in [-0.15, -0.1) is 11.8 Å². The average molecular weight is 339 g/mol. The second-order valence-corrected chi connectivity index (χ2v) is 9.03. The number of carbonyl (C=O) groups excluding carboxylic acids is 1. The minimum atomic E-state index is -0.407. The van der Waals surface area contributed by atoms with Crippen LogP contribution in [0.25, 0.3) is 0 Å². The van der Waals surface area contributed by atoms with Gasteiger partial charge < -0.3 is 9.64 Å². The molecule has 0 aromatic rings. The van der Waals surface area contributed by atoms with Gasteiger partial charge in [-0.2, -0.15) is 0 Å². The van der Waals surface area contributed by atoms with Crippen molar-refractivity contribution in [2.75, 3.05) is 19.3 Å². The number of nitrogens with zero attached hydrogens (tertiary/aromatic N) is 2. The molecule has 3 rings (SSSR count). The lowest BCUT2D eigenvalue weighted by Gasteiger charge is -2.26. The Hall–Kier alpha value is -0.710. The van der Waals surface area contributed by atoms with Gasteiger partial charge in [-0.25, -0.2) is 4.79 Å². The van der Waals surface area contributed by atoms with Crippen LogP contribution in [0.15, 0.2) is 4.99 Å². The number of carbonyl (C=O) groups is 1. The van der Waals surface area contributed by atoms with Crippen molar-refractivity contribution in [3.05, 3.63) is 0 Å². The molecule has 23 heavy (non-hydrogen) atoms. The molecule has 0 spiro atoms. The van der Waals surface area contributed by atoms with Crippen molar-refractivity contribution in [3.8, 4) is 0 Å². The van der Waals surface area contributed by atoms with Gasteiger partial charge in [-0.1, -0.05) is 19.3 Å². The standard InChI is InChI=1S/C18H30N2O2S/c1-18(2,3)22-17(21)20-10-13-14(11-20)15(13)16(23-4)19-12-8-6-5-7-9-12/h12-15H,5-11H2,1-4H3/b19-16-/t13-,14+,15?. The third kappa shape index (κ3) is 4.04. The average Bonchev–Trinajstić information content (AvgIpc) is 2.97. The van der Waals surface area contributed by atoms with Crippen molar-refractivity contribution in [2.24, 2.45) is 22.7 Å². The number of aliphatic imine (C=N–C) groups is 1. The lowest BCUT2D eigenvalue weighted by atomic mass is 9.96. The summed E-state index contributed by atoms with van der Waals surface area (Å²) >= 11 is 1.83. The van der Waals surface area contributed by atoms with Gasteiger partial charge in [0.25, 0.3) is 0 Å². The molecular formula is C18H30N2O2S. The van der Waals surface area contributed by atoms with Gasteiger partial charge in [0.15, 0.2) is 0 Å². The Morgan fingerprint density at radius 1 is 1.13 bits per heavy atom. The highest BCUT2D eigenvalue weighted by molar-refractivity contribution is 8.13.